The first-order valence-corrected chi connectivity index (χ1v) is 8.32. The van der Waals surface area contributed by atoms with Gasteiger partial charge in [0.25, 0.3) is 0 Å². The van der Waals surface area contributed by atoms with Crippen LogP contribution in [0.25, 0.3) is 6.08 Å². The summed E-state index contributed by atoms with van der Waals surface area (Å²) in [7, 11) is 0. The van der Waals surface area contributed by atoms with Crippen molar-refractivity contribution < 1.29 is 14.6 Å². The molecule has 1 aliphatic heterocycles. The van der Waals surface area contributed by atoms with Gasteiger partial charge in [-0.3, -0.25) is 4.79 Å². The van der Waals surface area contributed by atoms with E-state index in [1.165, 1.54) is 12.1 Å². The number of phenols is 1. The second-order valence-corrected chi connectivity index (χ2v) is 7.09. The van der Waals surface area contributed by atoms with Gasteiger partial charge in [-0.15, -0.1) is 0 Å². The molecule has 0 saturated carbocycles. The number of hydrogen-bond acceptors (Lipinski definition) is 3. The van der Waals surface area contributed by atoms with Crippen LogP contribution >= 0.6 is 55.1 Å². The molecular formula is C15H6Br2Cl2O3. The number of rotatable bonds is 1. The maximum absolute atomic E-state index is 12.4. The Bertz CT molecular complexity index is 824. The Morgan fingerprint density at radius 2 is 1.73 bits per heavy atom. The molecule has 0 spiro atoms. The molecular weight excluding hydrogens is 459 g/mol. The molecule has 2 aromatic carbocycles. The Kier molecular flexibility index (Phi) is 4.25. The van der Waals surface area contributed by atoms with Crippen LogP contribution < -0.4 is 4.74 Å². The molecule has 2 aromatic rings. The van der Waals surface area contributed by atoms with Crippen molar-refractivity contribution in [2.75, 3.05) is 0 Å². The average Bonchev–Trinajstić information content (AvgIpc) is 2.74. The molecule has 0 fully saturated rings. The second kappa shape index (κ2) is 5.89. The van der Waals surface area contributed by atoms with Crippen molar-refractivity contribution in [1.29, 1.82) is 0 Å². The molecule has 3 nitrogen and oxygen atoms in total. The predicted octanol–water partition coefficient (Wildman–Crippen LogP) is 5.84. The van der Waals surface area contributed by atoms with Crippen LogP contribution in [0.2, 0.25) is 10.0 Å². The molecule has 0 aromatic heterocycles. The maximum atomic E-state index is 12.4. The molecule has 1 N–H and O–H groups in total. The molecule has 22 heavy (non-hydrogen) atoms. The number of phenolic OH excluding ortho intramolecular Hbond substituents is 1. The van der Waals surface area contributed by atoms with E-state index in [1.54, 1.807) is 18.2 Å². The lowest BCUT2D eigenvalue weighted by Gasteiger charge is -2.04. The van der Waals surface area contributed by atoms with Crippen LogP contribution in [-0.4, -0.2) is 10.9 Å². The van der Waals surface area contributed by atoms with Crippen LogP contribution in [0.3, 0.4) is 0 Å². The van der Waals surface area contributed by atoms with Crippen molar-refractivity contribution in [3.05, 3.63) is 60.1 Å². The zero-order valence-electron chi connectivity index (χ0n) is 10.7. The molecule has 0 radical (unpaired) electrons. The molecule has 0 amide bonds. The zero-order chi connectivity index (χ0) is 16.0. The fraction of sp³-hybridized carbons (Fsp3) is 0. The van der Waals surface area contributed by atoms with Gasteiger partial charge in [-0.1, -0.05) is 23.2 Å². The van der Waals surface area contributed by atoms with Gasteiger partial charge in [0.2, 0.25) is 5.78 Å². The summed E-state index contributed by atoms with van der Waals surface area (Å²) in [4.78, 5) is 12.4. The number of aromatic hydroxyl groups is 1. The third-order valence-corrected chi connectivity index (χ3v) is 4.73. The van der Waals surface area contributed by atoms with E-state index in [4.69, 9.17) is 27.9 Å². The first-order valence-electron chi connectivity index (χ1n) is 5.98. The number of benzene rings is 2. The minimum absolute atomic E-state index is 0.0823. The van der Waals surface area contributed by atoms with Crippen LogP contribution in [0.5, 0.6) is 11.5 Å². The largest absolute Gasteiger partial charge is 0.506 e. The van der Waals surface area contributed by atoms with Gasteiger partial charge in [0.15, 0.2) is 11.5 Å². The van der Waals surface area contributed by atoms with Crippen LogP contribution in [0.4, 0.5) is 0 Å². The number of ether oxygens (including phenoxy) is 1. The van der Waals surface area contributed by atoms with Gasteiger partial charge in [-0.2, -0.15) is 0 Å². The number of Topliss-reactive ketones (excluding diaryl/α,β-unsaturated/α-hetero) is 1. The highest BCUT2D eigenvalue weighted by Crippen LogP contribution is 2.40. The number of carbonyl (C=O) groups is 1. The molecule has 0 atom stereocenters. The van der Waals surface area contributed by atoms with Crippen molar-refractivity contribution in [1.82, 2.24) is 0 Å². The van der Waals surface area contributed by atoms with E-state index < -0.39 is 0 Å². The molecule has 7 heteroatoms. The Morgan fingerprint density at radius 1 is 1.09 bits per heavy atom. The molecule has 1 heterocycles. The van der Waals surface area contributed by atoms with Gasteiger partial charge in [-0.05, 0) is 67.8 Å². The highest BCUT2D eigenvalue weighted by Gasteiger charge is 2.30. The average molecular weight is 465 g/mol. The smallest absolute Gasteiger partial charge is 0.232 e. The van der Waals surface area contributed by atoms with Gasteiger partial charge >= 0.3 is 0 Å². The van der Waals surface area contributed by atoms with Crippen molar-refractivity contribution in [3.63, 3.8) is 0 Å². The second-order valence-electron chi connectivity index (χ2n) is 4.54. The van der Waals surface area contributed by atoms with E-state index in [1.807, 2.05) is 0 Å². The first-order chi connectivity index (χ1) is 10.4. The minimum Gasteiger partial charge on any atom is -0.506 e. The van der Waals surface area contributed by atoms with Gasteiger partial charge in [0.1, 0.15) is 5.75 Å². The topological polar surface area (TPSA) is 46.5 Å². The SMILES string of the molecule is O=C1/C(=C/c2cc(Br)c(O)c(Br)c2)Oc2c(Cl)cc(Cl)cc21. The van der Waals surface area contributed by atoms with E-state index >= 15 is 0 Å². The summed E-state index contributed by atoms with van der Waals surface area (Å²) in [5.74, 6) is 0.238. The van der Waals surface area contributed by atoms with E-state index in [0.29, 0.717) is 30.8 Å². The summed E-state index contributed by atoms with van der Waals surface area (Å²) < 4.78 is 6.54. The lowest BCUT2D eigenvalue weighted by molar-refractivity contribution is 0.101. The molecule has 112 valence electrons. The summed E-state index contributed by atoms with van der Waals surface area (Å²) in [6.07, 6.45) is 1.57. The quantitative estimate of drug-likeness (QED) is 0.539. The highest BCUT2D eigenvalue weighted by atomic mass is 79.9. The molecule has 3 rings (SSSR count). The van der Waals surface area contributed by atoms with Crippen molar-refractivity contribution >= 4 is 66.9 Å². The van der Waals surface area contributed by atoms with Crippen LogP contribution in [0.1, 0.15) is 15.9 Å². The summed E-state index contributed by atoms with van der Waals surface area (Å²) in [6, 6.07) is 6.38. The lowest BCUT2D eigenvalue weighted by Crippen LogP contribution is -1.98. The van der Waals surface area contributed by atoms with E-state index in [2.05, 4.69) is 31.9 Å². The molecule has 1 aliphatic rings. The number of allylic oxidation sites excluding steroid dienone is 1. The summed E-state index contributed by atoms with van der Waals surface area (Å²) in [5.41, 5.74) is 1.01. The standard InChI is InChI=1S/C15H6Br2Cl2O3/c16-9-1-6(2-10(17)14(9)21)3-12-13(20)8-4-7(18)5-11(19)15(8)22-12/h1-5,21H/b12-3-. The number of ketones is 1. The first kappa shape index (κ1) is 15.9. The summed E-state index contributed by atoms with van der Waals surface area (Å²) in [5, 5.41) is 10.4. The number of halogens is 4. The third kappa shape index (κ3) is 2.78. The Morgan fingerprint density at radius 3 is 2.36 bits per heavy atom. The Hall–Kier alpha value is -1.01. The van der Waals surface area contributed by atoms with Gasteiger partial charge in [0.05, 0.1) is 19.5 Å². The summed E-state index contributed by atoms with van der Waals surface area (Å²) in [6.45, 7) is 0. The number of fused-ring (bicyclic) bond motifs is 1. The van der Waals surface area contributed by atoms with Gasteiger partial charge in [0, 0.05) is 5.02 Å². The molecule has 0 aliphatic carbocycles. The van der Waals surface area contributed by atoms with Crippen molar-refractivity contribution in [2.24, 2.45) is 0 Å². The summed E-state index contributed by atoms with van der Waals surface area (Å²) >= 11 is 18.4. The van der Waals surface area contributed by atoms with E-state index in [0.717, 1.165) is 0 Å². The monoisotopic (exact) mass is 462 g/mol. The van der Waals surface area contributed by atoms with Crippen molar-refractivity contribution in [2.45, 2.75) is 0 Å². The number of hydrogen-bond donors (Lipinski definition) is 1. The fourth-order valence-electron chi connectivity index (χ4n) is 2.04. The van der Waals surface area contributed by atoms with Gasteiger partial charge in [-0.25, -0.2) is 0 Å². The van der Waals surface area contributed by atoms with Gasteiger partial charge < -0.3 is 9.84 Å². The van der Waals surface area contributed by atoms with E-state index in [-0.39, 0.29) is 22.3 Å². The third-order valence-electron chi connectivity index (χ3n) is 3.03. The van der Waals surface area contributed by atoms with Crippen LogP contribution in [0.15, 0.2) is 39.0 Å². The highest BCUT2D eigenvalue weighted by molar-refractivity contribution is 9.11. The van der Waals surface area contributed by atoms with E-state index in [9.17, 15) is 9.90 Å². The van der Waals surface area contributed by atoms with Crippen LogP contribution in [-0.2, 0) is 0 Å². The lowest BCUT2D eigenvalue weighted by atomic mass is 10.1. The number of carbonyl (C=O) groups excluding carboxylic acids is 1. The Labute approximate surface area is 152 Å². The molecule has 0 saturated heterocycles. The Balaban J connectivity index is 2.05. The van der Waals surface area contributed by atoms with Crippen molar-refractivity contribution in [3.8, 4) is 11.5 Å². The zero-order valence-corrected chi connectivity index (χ0v) is 15.3. The predicted molar refractivity (Wildman–Crippen MR) is 92.9 cm³/mol. The normalized spacial score (nSPS) is 15.1. The molecule has 0 unspecified atom stereocenters. The fourth-order valence-corrected chi connectivity index (χ4v) is 3.79. The van der Waals surface area contributed by atoms with Crippen LogP contribution in [0, 0.1) is 0 Å². The molecule has 0 bridgehead atoms. The maximum Gasteiger partial charge on any atom is 0.232 e. The minimum atomic E-state index is -0.292.